The number of halogens is 4. The van der Waals surface area contributed by atoms with E-state index >= 15 is 0 Å². The fourth-order valence-corrected chi connectivity index (χ4v) is 3.19. The summed E-state index contributed by atoms with van der Waals surface area (Å²) in [6.07, 6.45) is -4.75. The maximum Gasteiger partial charge on any atom is 0.433 e. The van der Waals surface area contributed by atoms with Crippen molar-refractivity contribution in [2.75, 3.05) is 5.32 Å². The lowest BCUT2D eigenvalue weighted by Crippen LogP contribution is -2.30. The minimum absolute atomic E-state index is 0.248. The number of anilines is 1. The van der Waals surface area contributed by atoms with Crippen molar-refractivity contribution in [3.63, 3.8) is 0 Å². The second-order valence-corrected chi connectivity index (χ2v) is 7.22. The lowest BCUT2D eigenvalue weighted by molar-refractivity contribution is -0.141. The van der Waals surface area contributed by atoms with Gasteiger partial charge < -0.3 is 10.3 Å². The zero-order chi connectivity index (χ0) is 19.5. The molecule has 26 heavy (non-hydrogen) atoms. The number of benzene rings is 1. The Hall–Kier alpha value is -2.00. The number of aromatic nitrogens is 2. The molecule has 2 aromatic rings. The highest BCUT2D eigenvalue weighted by Crippen LogP contribution is 2.31. The molecule has 5 nitrogen and oxygen atoms in total. The summed E-state index contributed by atoms with van der Waals surface area (Å²) in [5.74, 6) is -0.708. The fraction of sp³-hybridized carbons (Fsp3) is 0.312. The molecule has 1 amide bonds. The number of amides is 1. The highest BCUT2D eigenvalue weighted by atomic mass is 35.5. The number of nitrogens with zero attached hydrogens (tertiary/aromatic N) is 1. The van der Waals surface area contributed by atoms with Crippen molar-refractivity contribution in [2.45, 2.75) is 30.4 Å². The van der Waals surface area contributed by atoms with Crippen LogP contribution in [0.3, 0.4) is 0 Å². The fourth-order valence-electron chi connectivity index (χ4n) is 2.02. The Labute approximate surface area is 156 Å². The number of thioether (sulfide) groups is 1. The smallest absolute Gasteiger partial charge is 0.324 e. The number of rotatable bonds is 5. The van der Waals surface area contributed by atoms with Gasteiger partial charge in [0, 0.05) is 6.07 Å². The molecule has 0 saturated carbocycles. The van der Waals surface area contributed by atoms with E-state index in [2.05, 4.69) is 15.3 Å². The number of carbonyl (C=O) groups is 1. The summed E-state index contributed by atoms with van der Waals surface area (Å²) < 4.78 is 38.4. The first kappa shape index (κ1) is 20.3. The van der Waals surface area contributed by atoms with Gasteiger partial charge in [-0.3, -0.25) is 9.59 Å². The van der Waals surface area contributed by atoms with E-state index in [0.29, 0.717) is 16.8 Å². The normalized spacial score (nSPS) is 12.9. The lowest BCUT2D eigenvalue weighted by Gasteiger charge is -2.20. The van der Waals surface area contributed by atoms with E-state index in [1.54, 1.807) is 38.1 Å². The monoisotopic (exact) mass is 405 g/mol. The van der Waals surface area contributed by atoms with E-state index in [9.17, 15) is 22.8 Å². The lowest BCUT2D eigenvalue weighted by atomic mass is 10.1. The summed E-state index contributed by atoms with van der Waals surface area (Å²) in [6.45, 7) is 3.46. The van der Waals surface area contributed by atoms with Gasteiger partial charge in [0.15, 0.2) is 10.9 Å². The average molecular weight is 406 g/mol. The molecule has 0 aliphatic rings. The molecule has 2 rings (SSSR count). The van der Waals surface area contributed by atoms with Gasteiger partial charge in [0.1, 0.15) is 0 Å². The van der Waals surface area contributed by atoms with E-state index in [1.165, 1.54) is 0 Å². The summed E-state index contributed by atoms with van der Waals surface area (Å²) in [7, 11) is 0. The second kappa shape index (κ2) is 8.13. The zero-order valence-corrected chi connectivity index (χ0v) is 15.3. The first-order chi connectivity index (χ1) is 12.1. The third-order valence-corrected chi connectivity index (χ3v) is 5.00. The van der Waals surface area contributed by atoms with Crippen molar-refractivity contribution < 1.29 is 18.0 Å². The van der Waals surface area contributed by atoms with Crippen LogP contribution in [0.15, 0.2) is 40.3 Å². The van der Waals surface area contributed by atoms with Gasteiger partial charge in [-0.2, -0.15) is 13.2 Å². The molecule has 0 fully saturated rings. The predicted molar refractivity (Wildman–Crippen MR) is 94.4 cm³/mol. The van der Waals surface area contributed by atoms with Crippen molar-refractivity contribution >= 4 is 35.0 Å². The number of hydrogen-bond donors (Lipinski definition) is 2. The van der Waals surface area contributed by atoms with Gasteiger partial charge >= 0.3 is 6.18 Å². The van der Waals surface area contributed by atoms with E-state index in [0.717, 1.165) is 11.8 Å². The zero-order valence-electron chi connectivity index (χ0n) is 13.7. The topological polar surface area (TPSA) is 74.8 Å². The van der Waals surface area contributed by atoms with Gasteiger partial charge in [-0.1, -0.05) is 49.3 Å². The van der Waals surface area contributed by atoms with E-state index < -0.39 is 28.6 Å². The number of aromatic amines is 1. The van der Waals surface area contributed by atoms with Gasteiger partial charge in [0.25, 0.3) is 5.56 Å². The van der Waals surface area contributed by atoms with Crippen molar-refractivity contribution in [1.29, 1.82) is 0 Å². The van der Waals surface area contributed by atoms with Crippen LogP contribution in [0.2, 0.25) is 5.02 Å². The molecule has 1 heterocycles. The Morgan fingerprint density at radius 1 is 1.31 bits per heavy atom. The van der Waals surface area contributed by atoms with Gasteiger partial charge in [0.2, 0.25) is 5.91 Å². The van der Waals surface area contributed by atoms with E-state index in [1.807, 2.05) is 0 Å². The molecule has 140 valence electrons. The first-order valence-corrected chi connectivity index (χ1v) is 8.74. The minimum atomic E-state index is -4.75. The van der Waals surface area contributed by atoms with Crippen molar-refractivity contribution in [1.82, 2.24) is 9.97 Å². The Kier molecular flexibility index (Phi) is 6.35. The predicted octanol–water partition coefficient (Wildman–Crippen LogP) is 4.20. The van der Waals surface area contributed by atoms with Crippen LogP contribution in [-0.2, 0) is 11.0 Å². The largest absolute Gasteiger partial charge is 0.433 e. The van der Waals surface area contributed by atoms with Gasteiger partial charge in [-0.25, -0.2) is 4.98 Å². The molecule has 0 aliphatic carbocycles. The van der Waals surface area contributed by atoms with Crippen LogP contribution in [0.1, 0.15) is 19.5 Å². The Bertz CT molecular complexity index is 855. The molecule has 0 saturated heterocycles. The van der Waals surface area contributed by atoms with Crippen LogP contribution in [0.4, 0.5) is 18.9 Å². The van der Waals surface area contributed by atoms with Crippen molar-refractivity contribution in [3.05, 3.63) is 51.4 Å². The van der Waals surface area contributed by atoms with Crippen LogP contribution in [0.25, 0.3) is 0 Å². The number of nitrogens with one attached hydrogen (secondary N) is 2. The second-order valence-electron chi connectivity index (χ2n) is 5.69. The van der Waals surface area contributed by atoms with Crippen LogP contribution >= 0.6 is 23.4 Å². The molecule has 0 aliphatic heterocycles. The number of hydrogen-bond acceptors (Lipinski definition) is 4. The highest BCUT2D eigenvalue weighted by Gasteiger charge is 2.34. The molecule has 2 N–H and O–H groups in total. The van der Waals surface area contributed by atoms with Crippen LogP contribution in [0.5, 0.6) is 0 Å². The third-order valence-electron chi connectivity index (χ3n) is 3.24. The quantitative estimate of drug-likeness (QED) is 0.577. The molecule has 0 bridgehead atoms. The van der Waals surface area contributed by atoms with E-state index in [-0.39, 0.29) is 11.1 Å². The highest BCUT2D eigenvalue weighted by molar-refractivity contribution is 8.00. The SMILES string of the molecule is CC(C)C(Sc1nc(C(F)(F)F)cc(=O)[nH]1)C(=O)Nc1ccccc1Cl. The Balaban J connectivity index is 2.26. The Morgan fingerprint density at radius 3 is 2.54 bits per heavy atom. The van der Waals surface area contributed by atoms with Crippen LogP contribution in [-0.4, -0.2) is 21.1 Å². The molecular weight excluding hydrogens is 391 g/mol. The summed E-state index contributed by atoms with van der Waals surface area (Å²) in [5, 5.41) is 1.90. The van der Waals surface area contributed by atoms with Crippen molar-refractivity contribution in [3.8, 4) is 0 Å². The summed E-state index contributed by atoms with van der Waals surface area (Å²) in [4.78, 5) is 29.7. The number of carbonyl (C=O) groups excluding carboxylic acids is 1. The first-order valence-electron chi connectivity index (χ1n) is 7.48. The molecular formula is C16H15ClF3N3O2S. The molecule has 1 aromatic carbocycles. The van der Waals surface area contributed by atoms with E-state index in [4.69, 9.17) is 11.6 Å². The van der Waals surface area contributed by atoms with Gasteiger partial charge in [-0.05, 0) is 18.1 Å². The standard InChI is InChI=1S/C16H15ClF3N3O2S/c1-8(2)13(14(25)21-10-6-4-3-5-9(10)17)26-15-22-11(16(18,19)20)7-12(24)23-15/h3-8,13H,1-2H3,(H,21,25)(H,22,23,24). The van der Waals surface area contributed by atoms with Crippen molar-refractivity contribution in [2.24, 2.45) is 5.92 Å². The molecule has 1 unspecified atom stereocenters. The van der Waals surface area contributed by atoms with Crippen LogP contribution < -0.4 is 10.9 Å². The number of para-hydroxylation sites is 1. The molecule has 0 spiro atoms. The van der Waals surface area contributed by atoms with Crippen LogP contribution in [0, 0.1) is 5.92 Å². The third kappa shape index (κ3) is 5.25. The molecule has 10 heteroatoms. The number of H-pyrrole nitrogens is 1. The Morgan fingerprint density at radius 2 is 1.96 bits per heavy atom. The summed E-state index contributed by atoms with van der Waals surface area (Å²) in [6, 6.07) is 6.96. The average Bonchev–Trinajstić information content (AvgIpc) is 2.53. The van der Waals surface area contributed by atoms with Gasteiger partial charge in [-0.15, -0.1) is 0 Å². The maximum atomic E-state index is 12.8. The minimum Gasteiger partial charge on any atom is -0.324 e. The summed E-state index contributed by atoms with van der Waals surface area (Å²) >= 11 is 6.75. The van der Waals surface area contributed by atoms with Gasteiger partial charge in [0.05, 0.1) is 16.0 Å². The number of alkyl halides is 3. The molecule has 1 aromatic heterocycles. The maximum absolute atomic E-state index is 12.8. The summed E-state index contributed by atoms with van der Waals surface area (Å²) in [5.41, 5.74) is -1.86. The molecule has 0 radical (unpaired) electrons. The molecule has 1 atom stereocenters.